The third-order valence-corrected chi connectivity index (χ3v) is 2.22. The molecular formula is C12H8FN3. The molecule has 0 aliphatic carbocycles. The largest absolute Gasteiger partial charge is 0.399 e. The van der Waals surface area contributed by atoms with E-state index in [1.165, 1.54) is 18.5 Å². The van der Waals surface area contributed by atoms with Crippen molar-refractivity contribution in [3.05, 3.63) is 48.0 Å². The Morgan fingerprint density at radius 3 is 2.75 bits per heavy atom. The first-order valence-corrected chi connectivity index (χ1v) is 4.62. The zero-order valence-corrected chi connectivity index (χ0v) is 8.31. The fourth-order valence-corrected chi connectivity index (χ4v) is 1.47. The molecule has 0 amide bonds. The zero-order chi connectivity index (χ0) is 11.5. The number of nitriles is 1. The van der Waals surface area contributed by atoms with Gasteiger partial charge in [-0.05, 0) is 24.3 Å². The standard InChI is InChI=1S/C12H8FN3/c13-12-5-9(15)1-2-11(12)10-3-4-16-7-8(10)6-14/h1-5,7H,15H2. The van der Waals surface area contributed by atoms with Crippen molar-refractivity contribution in [2.45, 2.75) is 0 Å². The molecule has 0 atom stereocenters. The first-order chi connectivity index (χ1) is 7.72. The molecule has 0 radical (unpaired) electrons. The molecule has 0 saturated carbocycles. The van der Waals surface area contributed by atoms with Gasteiger partial charge in [-0.1, -0.05) is 0 Å². The van der Waals surface area contributed by atoms with Crippen LogP contribution < -0.4 is 5.73 Å². The van der Waals surface area contributed by atoms with E-state index >= 15 is 0 Å². The van der Waals surface area contributed by atoms with Gasteiger partial charge in [0.15, 0.2) is 0 Å². The molecule has 0 saturated heterocycles. The van der Waals surface area contributed by atoms with Gasteiger partial charge in [0.2, 0.25) is 0 Å². The SMILES string of the molecule is N#Cc1cnccc1-c1ccc(N)cc1F. The highest BCUT2D eigenvalue weighted by molar-refractivity contribution is 5.71. The fraction of sp³-hybridized carbons (Fsp3) is 0. The van der Waals surface area contributed by atoms with Crippen LogP contribution in [0, 0.1) is 17.1 Å². The highest BCUT2D eigenvalue weighted by atomic mass is 19.1. The predicted octanol–water partition coefficient (Wildman–Crippen LogP) is 2.34. The van der Waals surface area contributed by atoms with Crippen molar-refractivity contribution < 1.29 is 4.39 Å². The highest BCUT2D eigenvalue weighted by Crippen LogP contribution is 2.26. The summed E-state index contributed by atoms with van der Waals surface area (Å²) in [6.07, 6.45) is 2.93. The van der Waals surface area contributed by atoms with E-state index in [1.54, 1.807) is 18.2 Å². The first kappa shape index (κ1) is 10.1. The molecule has 4 heteroatoms. The summed E-state index contributed by atoms with van der Waals surface area (Å²) in [6, 6.07) is 7.97. The minimum atomic E-state index is -0.442. The number of pyridine rings is 1. The topological polar surface area (TPSA) is 62.7 Å². The van der Waals surface area contributed by atoms with Gasteiger partial charge in [-0.2, -0.15) is 5.26 Å². The number of hydrogen-bond donors (Lipinski definition) is 1. The van der Waals surface area contributed by atoms with Crippen LogP contribution in [0.5, 0.6) is 0 Å². The van der Waals surface area contributed by atoms with E-state index in [0.29, 0.717) is 22.4 Å². The Morgan fingerprint density at radius 1 is 1.25 bits per heavy atom. The third-order valence-electron chi connectivity index (χ3n) is 2.22. The number of halogens is 1. The predicted molar refractivity (Wildman–Crippen MR) is 58.8 cm³/mol. The van der Waals surface area contributed by atoms with Crippen LogP contribution in [0.15, 0.2) is 36.7 Å². The minimum Gasteiger partial charge on any atom is -0.399 e. The highest BCUT2D eigenvalue weighted by Gasteiger charge is 2.09. The van der Waals surface area contributed by atoms with E-state index in [4.69, 9.17) is 11.0 Å². The lowest BCUT2D eigenvalue weighted by Crippen LogP contribution is -1.92. The van der Waals surface area contributed by atoms with Gasteiger partial charge >= 0.3 is 0 Å². The monoisotopic (exact) mass is 213 g/mol. The molecule has 0 aliphatic rings. The van der Waals surface area contributed by atoms with Crippen molar-refractivity contribution in [2.24, 2.45) is 0 Å². The number of anilines is 1. The van der Waals surface area contributed by atoms with Crippen LogP contribution >= 0.6 is 0 Å². The molecule has 2 N–H and O–H groups in total. The van der Waals surface area contributed by atoms with E-state index < -0.39 is 5.82 Å². The molecule has 78 valence electrons. The van der Waals surface area contributed by atoms with Gasteiger partial charge in [0, 0.05) is 29.2 Å². The maximum Gasteiger partial charge on any atom is 0.133 e. The molecule has 2 rings (SSSR count). The van der Waals surface area contributed by atoms with Crippen molar-refractivity contribution in [2.75, 3.05) is 5.73 Å². The van der Waals surface area contributed by atoms with E-state index in [-0.39, 0.29) is 0 Å². The van der Waals surface area contributed by atoms with Crippen molar-refractivity contribution in [3.63, 3.8) is 0 Å². The Labute approximate surface area is 92.0 Å². The number of benzene rings is 1. The molecule has 0 aliphatic heterocycles. The van der Waals surface area contributed by atoms with Gasteiger partial charge in [0.05, 0.1) is 5.56 Å². The maximum absolute atomic E-state index is 13.6. The van der Waals surface area contributed by atoms with E-state index in [2.05, 4.69) is 4.98 Å². The van der Waals surface area contributed by atoms with Crippen LogP contribution in [0.3, 0.4) is 0 Å². The average Bonchev–Trinajstić information content (AvgIpc) is 2.29. The third kappa shape index (κ3) is 1.71. The van der Waals surface area contributed by atoms with Gasteiger partial charge < -0.3 is 5.73 Å². The van der Waals surface area contributed by atoms with Crippen molar-refractivity contribution in [1.82, 2.24) is 4.98 Å². The molecule has 0 spiro atoms. The number of nitrogens with zero attached hydrogens (tertiary/aromatic N) is 2. The molecule has 0 unspecified atom stereocenters. The maximum atomic E-state index is 13.6. The van der Waals surface area contributed by atoms with Crippen LogP contribution in [-0.4, -0.2) is 4.98 Å². The van der Waals surface area contributed by atoms with E-state index in [9.17, 15) is 4.39 Å². The van der Waals surface area contributed by atoms with Gasteiger partial charge in [-0.25, -0.2) is 4.39 Å². The minimum absolute atomic E-state index is 0.339. The van der Waals surface area contributed by atoms with Crippen LogP contribution in [0.25, 0.3) is 11.1 Å². The average molecular weight is 213 g/mol. The second kappa shape index (κ2) is 3.99. The lowest BCUT2D eigenvalue weighted by Gasteiger charge is -2.05. The van der Waals surface area contributed by atoms with Crippen LogP contribution in [0.2, 0.25) is 0 Å². The number of rotatable bonds is 1. The summed E-state index contributed by atoms with van der Waals surface area (Å²) in [4.78, 5) is 3.82. The van der Waals surface area contributed by atoms with E-state index in [1.807, 2.05) is 6.07 Å². The Morgan fingerprint density at radius 2 is 2.06 bits per heavy atom. The fourth-order valence-electron chi connectivity index (χ4n) is 1.47. The van der Waals surface area contributed by atoms with Gasteiger partial charge in [-0.15, -0.1) is 0 Å². The smallest absolute Gasteiger partial charge is 0.133 e. The van der Waals surface area contributed by atoms with Gasteiger partial charge in [0.25, 0.3) is 0 Å². The number of nitrogen functional groups attached to an aromatic ring is 1. The van der Waals surface area contributed by atoms with Crippen molar-refractivity contribution in [3.8, 4) is 17.2 Å². The summed E-state index contributed by atoms with van der Waals surface area (Å²) in [5.41, 5.74) is 7.03. The molecule has 2 aromatic rings. The number of hydrogen-bond acceptors (Lipinski definition) is 3. The molecule has 0 bridgehead atoms. The molecule has 0 fully saturated rings. The van der Waals surface area contributed by atoms with Crippen molar-refractivity contribution in [1.29, 1.82) is 5.26 Å². The molecule has 1 aromatic heterocycles. The first-order valence-electron chi connectivity index (χ1n) is 4.62. The lowest BCUT2D eigenvalue weighted by molar-refractivity contribution is 0.632. The molecule has 3 nitrogen and oxygen atoms in total. The lowest BCUT2D eigenvalue weighted by atomic mass is 10.0. The molecule has 16 heavy (non-hydrogen) atoms. The summed E-state index contributed by atoms with van der Waals surface area (Å²) < 4.78 is 13.6. The second-order valence-electron chi connectivity index (χ2n) is 3.27. The Hall–Kier alpha value is -2.41. The van der Waals surface area contributed by atoms with Gasteiger partial charge in [0.1, 0.15) is 11.9 Å². The Balaban J connectivity index is 2.64. The van der Waals surface area contributed by atoms with Crippen LogP contribution in [-0.2, 0) is 0 Å². The molecule has 1 heterocycles. The number of aromatic nitrogens is 1. The summed E-state index contributed by atoms with van der Waals surface area (Å²) >= 11 is 0. The van der Waals surface area contributed by atoms with E-state index in [0.717, 1.165) is 0 Å². The normalized spacial score (nSPS) is 9.75. The summed E-state index contributed by atoms with van der Waals surface area (Å²) in [7, 11) is 0. The van der Waals surface area contributed by atoms with Crippen LogP contribution in [0.4, 0.5) is 10.1 Å². The van der Waals surface area contributed by atoms with Gasteiger partial charge in [-0.3, -0.25) is 4.98 Å². The Kier molecular flexibility index (Phi) is 2.52. The second-order valence-corrected chi connectivity index (χ2v) is 3.27. The molecule has 1 aromatic carbocycles. The summed E-state index contributed by atoms with van der Waals surface area (Å²) in [5.74, 6) is -0.442. The van der Waals surface area contributed by atoms with Crippen molar-refractivity contribution >= 4 is 5.69 Å². The number of nitrogens with two attached hydrogens (primary N) is 1. The summed E-state index contributed by atoms with van der Waals surface area (Å²) in [6.45, 7) is 0. The zero-order valence-electron chi connectivity index (χ0n) is 8.31. The summed E-state index contributed by atoms with van der Waals surface area (Å²) in [5, 5.41) is 8.89. The van der Waals surface area contributed by atoms with Crippen LogP contribution in [0.1, 0.15) is 5.56 Å². The quantitative estimate of drug-likeness (QED) is 0.739. The molecular weight excluding hydrogens is 205 g/mol. The Bertz CT molecular complexity index is 573.